The molecule has 0 bridgehead atoms. The van der Waals surface area contributed by atoms with E-state index in [1.54, 1.807) is 22.4 Å². The molecule has 4 heterocycles. The molecule has 0 saturated carbocycles. The minimum atomic E-state index is -0.499. The molecule has 9 nitrogen and oxygen atoms in total. The van der Waals surface area contributed by atoms with Crippen molar-refractivity contribution in [2.75, 3.05) is 26.2 Å². The Bertz CT molecular complexity index is 833. The topological polar surface area (TPSA) is 100 Å². The van der Waals surface area contributed by atoms with E-state index in [4.69, 9.17) is 0 Å². The number of hydrogen-bond donors (Lipinski definition) is 1. The normalized spacial score (nSPS) is 20.2. The molecule has 10 heteroatoms. The lowest BCUT2D eigenvalue weighted by Gasteiger charge is -2.33. The molecule has 2 aromatic heterocycles. The SMILES string of the molecule is O=C(CN1C(=O)CNC1=O)N1CCCC(c2nccn2Cc2cscn2)C1. The number of thiazole rings is 1. The van der Waals surface area contributed by atoms with Gasteiger partial charge < -0.3 is 14.8 Å². The fourth-order valence-corrected chi connectivity index (χ4v) is 4.12. The van der Waals surface area contributed by atoms with Gasteiger partial charge in [0.05, 0.1) is 24.3 Å². The van der Waals surface area contributed by atoms with Gasteiger partial charge in [0.1, 0.15) is 12.4 Å². The second-order valence-corrected chi connectivity index (χ2v) is 7.43. The highest BCUT2D eigenvalue weighted by Crippen LogP contribution is 2.26. The number of carbonyl (C=O) groups is 3. The van der Waals surface area contributed by atoms with E-state index >= 15 is 0 Å². The molecule has 4 rings (SSSR count). The molecule has 2 fully saturated rings. The molecule has 2 aromatic rings. The van der Waals surface area contributed by atoms with Crippen LogP contribution in [0.3, 0.4) is 0 Å². The maximum absolute atomic E-state index is 12.6. The highest BCUT2D eigenvalue weighted by molar-refractivity contribution is 7.07. The van der Waals surface area contributed by atoms with Crippen LogP contribution in [-0.2, 0) is 16.1 Å². The van der Waals surface area contributed by atoms with E-state index < -0.39 is 6.03 Å². The van der Waals surface area contributed by atoms with Crippen molar-refractivity contribution < 1.29 is 14.4 Å². The fraction of sp³-hybridized carbons (Fsp3) is 0.471. The van der Waals surface area contributed by atoms with Gasteiger partial charge >= 0.3 is 6.03 Å². The van der Waals surface area contributed by atoms with Crippen molar-refractivity contribution in [3.8, 4) is 0 Å². The average molecular weight is 388 g/mol. The number of hydrogen-bond acceptors (Lipinski definition) is 6. The van der Waals surface area contributed by atoms with Crippen LogP contribution in [0.2, 0.25) is 0 Å². The Balaban J connectivity index is 1.42. The maximum Gasteiger partial charge on any atom is 0.325 e. The van der Waals surface area contributed by atoms with Gasteiger partial charge in [-0.05, 0) is 12.8 Å². The Labute approximate surface area is 160 Å². The number of amides is 4. The summed E-state index contributed by atoms with van der Waals surface area (Å²) in [6.45, 7) is 1.58. The largest absolute Gasteiger partial charge is 0.340 e. The van der Waals surface area contributed by atoms with E-state index in [-0.39, 0.29) is 30.8 Å². The summed E-state index contributed by atoms with van der Waals surface area (Å²) in [4.78, 5) is 47.5. The number of imide groups is 1. The zero-order valence-corrected chi connectivity index (χ0v) is 15.5. The second kappa shape index (κ2) is 7.47. The van der Waals surface area contributed by atoms with Crippen LogP contribution in [0.4, 0.5) is 4.79 Å². The van der Waals surface area contributed by atoms with E-state index in [9.17, 15) is 14.4 Å². The highest BCUT2D eigenvalue weighted by Gasteiger charge is 2.33. The standard InChI is InChI=1S/C17H20N6O3S/c24-14-6-19-17(26)23(14)9-15(25)21-4-1-2-12(7-21)16-18-3-5-22(16)8-13-10-27-11-20-13/h3,5,10-12H,1-2,4,6-9H2,(H,19,26). The molecular weight excluding hydrogens is 368 g/mol. The number of nitrogens with one attached hydrogen (secondary N) is 1. The maximum atomic E-state index is 12.6. The van der Waals surface area contributed by atoms with E-state index in [0.29, 0.717) is 19.6 Å². The lowest BCUT2D eigenvalue weighted by molar-refractivity contribution is -0.137. The summed E-state index contributed by atoms with van der Waals surface area (Å²) in [6.07, 6.45) is 5.51. The number of aromatic nitrogens is 3. The zero-order valence-electron chi connectivity index (χ0n) is 14.7. The van der Waals surface area contributed by atoms with Gasteiger partial charge in [-0.2, -0.15) is 0 Å². The molecule has 2 aliphatic heterocycles. The number of likely N-dealkylation sites (tertiary alicyclic amines) is 1. The lowest BCUT2D eigenvalue weighted by atomic mass is 9.97. The fourth-order valence-electron chi connectivity index (χ4n) is 3.57. The summed E-state index contributed by atoms with van der Waals surface area (Å²) < 4.78 is 2.07. The van der Waals surface area contributed by atoms with Crippen LogP contribution >= 0.6 is 11.3 Å². The highest BCUT2D eigenvalue weighted by atomic mass is 32.1. The minimum absolute atomic E-state index is 0.0389. The van der Waals surface area contributed by atoms with Crippen LogP contribution in [0.5, 0.6) is 0 Å². The lowest BCUT2D eigenvalue weighted by Crippen LogP contribution is -2.46. The summed E-state index contributed by atoms with van der Waals surface area (Å²) in [5.74, 6) is 0.498. The van der Waals surface area contributed by atoms with Gasteiger partial charge in [0.25, 0.3) is 5.91 Å². The molecule has 2 saturated heterocycles. The van der Waals surface area contributed by atoms with Crippen molar-refractivity contribution in [3.05, 3.63) is 34.8 Å². The average Bonchev–Trinajstić information content (AvgIpc) is 3.41. The number of imidazole rings is 1. The van der Waals surface area contributed by atoms with Crippen LogP contribution < -0.4 is 5.32 Å². The van der Waals surface area contributed by atoms with Gasteiger partial charge in [-0.25, -0.2) is 14.8 Å². The van der Waals surface area contributed by atoms with Crippen LogP contribution in [0.15, 0.2) is 23.3 Å². The second-order valence-electron chi connectivity index (χ2n) is 6.71. The van der Waals surface area contributed by atoms with E-state index in [1.807, 2.05) is 17.1 Å². The van der Waals surface area contributed by atoms with Gasteiger partial charge in [0.2, 0.25) is 5.91 Å². The third-order valence-electron chi connectivity index (χ3n) is 4.93. The van der Waals surface area contributed by atoms with Gasteiger partial charge in [-0.3, -0.25) is 14.5 Å². The number of urea groups is 1. The number of nitrogens with zero attached hydrogens (tertiary/aromatic N) is 5. The Morgan fingerprint density at radius 3 is 2.96 bits per heavy atom. The molecule has 0 radical (unpaired) electrons. The third kappa shape index (κ3) is 3.70. The van der Waals surface area contributed by atoms with Crippen LogP contribution in [0, 0.1) is 0 Å². The Morgan fingerprint density at radius 2 is 2.22 bits per heavy atom. The van der Waals surface area contributed by atoms with Crippen molar-refractivity contribution in [3.63, 3.8) is 0 Å². The first-order valence-electron chi connectivity index (χ1n) is 8.86. The van der Waals surface area contributed by atoms with E-state index in [2.05, 4.69) is 19.9 Å². The monoisotopic (exact) mass is 388 g/mol. The summed E-state index contributed by atoms with van der Waals surface area (Å²) >= 11 is 1.56. The molecule has 27 heavy (non-hydrogen) atoms. The zero-order chi connectivity index (χ0) is 18.8. The van der Waals surface area contributed by atoms with Gasteiger partial charge in [-0.1, -0.05) is 0 Å². The summed E-state index contributed by atoms with van der Waals surface area (Å²) in [7, 11) is 0. The molecule has 4 amide bonds. The van der Waals surface area contributed by atoms with Gasteiger partial charge in [0.15, 0.2) is 0 Å². The molecule has 1 N–H and O–H groups in total. The van der Waals surface area contributed by atoms with Gasteiger partial charge in [0, 0.05) is 36.8 Å². The first-order valence-corrected chi connectivity index (χ1v) is 9.80. The Morgan fingerprint density at radius 1 is 1.33 bits per heavy atom. The summed E-state index contributed by atoms with van der Waals surface area (Å²) in [5.41, 5.74) is 2.80. The first-order chi connectivity index (χ1) is 13.1. The van der Waals surface area contributed by atoms with Crippen molar-refractivity contribution in [1.82, 2.24) is 29.7 Å². The van der Waals surface area contributed by atoms with E-state index in [0.717, 1.165) is 29.3 Å². The van der Waals surface area contributed by atoms with Crippen LogP contribution in [-0.4, -0.2) is 68.4 Å². The Hall–Kier alpha value is -2.75. The van der Waals surface area contributed by atoms with Gasteiger partial charge in [-0.15, -0.1) is 11.3 Å². The summed E-state index contributed by atoms with van der Waals surface area (Å²) in [5, 5.41) is 4.45. The molecule has 0 aliphatic carbocycles. The smallest absolute Gasteiger partial charge is 0.325 e. The molecule has 0 aromatic carbocycles. The van der Waals surface area contributed by atoms with Crippen LogP contribution in [0.1, 0.15) is 30.3 Å². The molecule has 1 atom stereocenters. The quantitative estimate of drug-likeness (QED) is 0.758. The Kier molecular flexibility index (Phi) is 4.88. The third-order valence-corrected chi connectivity index (χ3v) is 5.57. The number of rotatable bonds is 5. The molecule has 2 aliphatic rings. The van der Waals surface area contributed by atoms with Crippen LogP contribution in [0.25, 0.3) is 0 Å². The predicted octanol–water partition coefficient (Wildman–Crippen LogP) is 0.646. The van der Waals surface area contributed by atoms with Crippen molar-refractivity contribution in [1.29, 1.82) is 0 Å². The van der Waals surface area contributed by atoms with Crippen molar-refractivity contribution >= 4 is 29.2 Å². The summed E-state index contributed by atoms with van der Waals surface area (Å²) in [6, 6.07) is -0.499. The predicted molar refractivity (Wildman–Crippen MR) is 97.1 cm³/mol. The molecular formula is C17H20N6O3S. The molecule has 0 spiro atoms. The van der Waals surface area contributed by atoms with Crippen molar-refractivity contribution in [2.24, 2.45) is 0 Å². The number of carbonyl (C=O) groups excluding carboxylic acids is 3. The van der Waals surface area contributed by atoms with Crippen molar-refractivity contribution in [2.45, 2.75) is 25.3 Å². The minimum Gasteiger partial charge on any atom is -0.340 e. The number of piperidine rings is 1. The molecule has 142 valence electrons. The molecule has 1 unspecified atom stereocenters. The van der Waals surface area contributed by atoms with E-state index in [1.165, 1.54) is 0 Å². The first kappa shape index (κ1) is 17.7.